The maximum absolute atomic E-state index is 12.2. The van der Waals surface area contributed by atoms with Gasteiger partial charge in [-0.25, -0.2) is 0 Å². The molecule has 1 amide bonds. The highest BCUT2D eigenvalue weighted by atomic mass is 16.5. The zero-order chi connectivity index (χ0) is 17.9. The van der Waals surface area contributed by atoms with Gasteiger partial charge >= 0.3 is 0 Å². The molecule has 1 aromatic rings. The lowest BCUT2D eigenvalue weighted by atomic mass is 9.88. The molecule has 0 radical (unpaired) electrons. The van der Waals surface area contributed by atoms with Crippen molar-refractivity contribution in [3.63, 3.8) is 0 Å². The van der Waals surface area contributed by atoms with Crippen LogP contribution < -0.4 is 5.32 Å². The van der Waals surface area contributed by atoms with Crippen molar-refractivity contribution in [2.45, 2.75) is 57.8 Å². The van der Waals surface area contributed by atoms with Crippen LogP contribution in [0.25, 0.3) is 0 Å². The van der Waals surface area contributed by atoms with Gasteiger partial charge in [0.15, 0.2) is 0 Å². The van der Waals surface area contributed by atoms with E-state index in [0.717, 1.165) is 56.8 Å². The minimum atomic E-state index is -0.314. The van der Waals surface area contributed by atoms with Gasteiger partial charge in [-0.1, -0.05) is 5.16 Å². The average molecular weight is 351 g/mol. The average Bonchev–Trinajstić information content (AvgIpc) is 3.16. The third-order valence-electron chi connectivity index (χ3n) is 5.48. The number of aryl methyl sites for hydroxylation is 2. The number of hydrogen-bond donors (Lipinski definition) is 1. The van der Waals surface area contributed by atoms with Gasteiger partial charge in [-0.05, 0) is 39.5 Å². The fraction of sp³-hybridized carbons (Fsp3) is 0.778. The molecule has 7 nitrogen and oxygen atoms in total. The van der Waals surface area contributed by atoms with E-state index < -0.39 is 0 Å². The molecule has 1 aromatic heterocycles. The number of nitrogens with one attached hydrogen (secondary N) is 1. The van der Waals surface area contributed by atoms with Crippen molar-refractivity contribution in [3.05, 3.63) is 17.0 Å². The van der Waals surface area contributed by atoms with E-state index >= 15 is 0 Å². The summed E-state index contributed by atoms with van der Waals surface area (Å²) in [6.45, 7) is 7.84. The number of carbonyl (C=O) groups excluding carboxylic acids is 1. The van der Waals surface area contributed by atoms with E-state index in [1.54, 1.807) is 7.11 Å². The second-order valence-corrected chi connectivity index (χ2v) is 7.19. The van der Waals surface area contributed by atoms with Crippen LogP contribution in [0.15, 0.2) is 4.52 Å². The van der Waals surface area contributed by atoms with Crippen molar-refractivity contribution in [2.24, 2.45) is 0 Å². The maximum atomic E-state index is 12.2. The number of likely N-dealkylation sites (tertiary alicyclic amines) is 1. The summed E-state index contributed by atoms with van der Waals surface area (Å²) in [5.74, 6) is 0.898. The summed E-state index contributed by atoms with van der Waals surface area (Å²) >= 11 is 0. The second-order valence-electron chi connectivity index (χ2n) is 7.19. The summed E-state index contributed by atoms with van der Waals surface area (Å²) in [7, 11) is 1.63. The highest BCUT2D eigenvalue weighted by molar-refractivity contribution is 5.81. The predicted octanol–water partition coefficient (Wildman–Crippen LogP) is 1.57. The first-order valence-electron chi connectivity index (χ1n) is 9.11. The summed E-state index contributed by atoms with van der Waals surface area (Å²) in [5, 5.41) is 6.91. The Morgan fingerprint density at radius 3 is 2.76 bits per heavy atom. The quantitative estimate of drug-likeness (QED) is 0.784. The minimum Gasteiger partial charge on any atom is -0.383 e. The van der Waals surface area contributed by atoms with Crippen molar-refractivity contribution in [1.29, 1.82) is 0 Å². The van der Waals surface area contributed by atoms with Crippen molar-refractivity contribution in [3.8, 4) is 0 Å². The smallest absolute Gasteiger partial charge is 0.249 e. The number of amides is 1. The summed E-state index contributed by atoms with van der Waals surface area (Å²) in [6.07, 6.45) is 3.40. The topological polar surface area (TPSA) is 76.8 Å². The number of piperidine rings is 1. The Balaban J connectivity index is 1.48. The lowest BCUT2D eigenvalue weighted by Crippen LogP contribution is -2.45. The molecule has 0 unspecified atom stereocenters. The van der Waals surface area contributed by atoms with Crippen LogP contribution in [0.5, 0.6) is 0 Å². The molecule has 140 valence electrons. The molecular formula is C18H29N3O4. The molecule has 1 spiro atoms. The normalized spacial score (nSPS) is 23.2. The number of nitrogens with zero attached hydrogens (tertiary/aromatic N) is 2. The largest absolute Gasteiger partial charge is 0.383 e. The van der Waals surface area contributed by atoms with E-state index in [1.165, 1.54) is 5.56 Å². The number of carbonyl (C=O) groups is 1. The highest BCUT2D eigenvalue weighted by Crippen LogP contribution is 2.39. The van der Waals surface area contributed by atoms with Gasteiger partial charge < -0.3 is 19.3 Å². The fourth-order valence-corrected chi connectivity index (χ4v) is 3.83. The van der Waals surface area contributed by atoms with Crippen molar-refractivity contribution in [1.82, 2.24) is 15.4 Å². The summed E-state index contributed by atoms with van der Waals surface area (Å²) < 4.78 is 16.4. The molecule has 2 aliphatic rings. The van der Waals surface area contributed by atoms with Crippen molar-refractivity contribution in [2.75, 3.05) is 33.4 Å². The molecule has 2 aliphatic heterocycles. The van der Waals surface area contributed by atoms with Crippen LogP contribution in [0.1, 0.15) is 42.7 Å². The van der Waals surface area contributed by atoms with Crippen LogP contribution >= 0.6 is 0 Å². The van der Waals surface area contributed by atoms with Crippen LogP contribution in [0, 0.1) is 13.8 Å². The van der Waals surface area contributed by atoms with Crippen molar-refractivity contribution < 1.29 is 18.8 Å². The molecule has 3 rings (SSSR count). The fourth-order valence-electron chi connectivity index (χ4n) is 3.83. The predicted molar refractivity (Wildman–Crippen MR) is 92.2 cm³/mol. The number of hydrogen-bond acceptors (Lipinski definition) is 6. The van der Waals surface area contributed by atoms with Crippen LogP contribution in [0.3, 0.4) is 0 Å². The van der Waals surface area contributed by atoms with E-state index in [9.17, 15) is 4.79 Å². The molecule has 2 saturated heterocycles. The van der Waals surface area contributed by atoms with E-state index in [-0.39, 0.29) is 17.6 Å². The van der Waals surface area contributed by atoms with Crippen LogP contribution in [-0.4, -0.2) is 61.0 Å². The van der Waals surface area contributed by atoms with Crippen LogP contribution in [0.4, 0.5) is 0 Å². The zero-order valence-corrected chi connectivity index (χ0v) is 15.5. The van der Waals surface area contributed by atoms with Gasteiger partial charge in [-0.15, -0.1) is 0 Å². The molecule has 0 aromatic carbocycles. The standard InChI is InChI=1S/C18H29N3O4/c1-13-15(14(2)25-20-13)12-21-9-6-18(7-10-21)5-4-16(24-18)17(22)19-8-11-23-3/h16H,4-12H2,1-3H3,(H,19,22)/t16-/m0/s1. The summed E-state index contributed by atoms with van der Waals surface area (Å²) in [4.78, 5) is 14.6. The first-order chi connectivity index (χ1) is 12.0. The van der Waals surface area contributed by atoms with Gasteiger partial charge in [0.1, 0.15) is 11.9 Å². The maximum Gasteiger partial charge on any atom is 0.249 e. The lowest BCUT2D eigenvalue weighted by molar-refractivity contribution is -0.141. The first kappa shape index (κ1) is 18.4. The third kappa shape index (κ3) is 4.22. The molecule has 3 heterocycles. The highest BCUT2D eigenvalue weighted by Gasteiger charge is 2.44. The molecule has 0 aliphatic carbocycles. The minimum absolute atomic E-state index is 0.00734. The van der Waals surface area contributed by atoms with E-state index in [1.807, 2.05) is 13.8 Å². The molecule has 7 heteroatoms. The molecule has 1 atom stereocenters. The zero-order valence-electron chi connectivity index (χ0n) is 15.5. The van der Waals surface area contributed by atoms with Crippen LogP contribution in [0.2, 0.25) is 0 Å². The van der Waals surface area contributed by atoms with Crippen molar-refractivity contribution >= 4 is 5.91 Å². The van der Waals surface area contributed by atoms with E-state index in [4.69, 9.17) is 14.0 Å². The van der Waals surface area contributed by atoms with Gasteiger partial charge in [0.05, 0.1) is 17.9 Å². The number of methoxy groups -OCH3 is 1. The summed E-state index contributed by atoms with van der Waals surface area (Å²) in [5.41, 5.74) is 2.04. The van der Waals surface area contributed by atoms with Gasteiger partial charge in [0, 0.05) is 38.9 Å². The third-order valence-corrected chi connectivity index (χ3v) is 5.48. The van der Waals surface area contributed by atoms with Crippen LogP contribution in [-0.2, 0) is 20.8 Å². The molecule has 0 bridgehead atoms. The first-order valence-corrected chi connectivity index (χ1v) is 9.11. The Hall–Kier alpha value is -1.44. The number of ether oxygens (including phenoxy) is 2. The monoisotopic (exact) mass is 351 g/mol. The Kier molecular flexibility index (Phi) is 5.76. The number of rotatable bonds is 6. The van der Waals surface area contributed by atoms with E-state index in [2.05, 4.69) is 15.4 Å². The Labute approximate surface area is 149 Å². The molecular weight excluding hydrogens is 322 g/mol. The second kappa shape index (κ2) is 7.85. The van der Waals surface area contributed by atoms with Gasteiger partial charge in [0.2, 0.25) is 5.91 Å². The number of aromatic nitrogens is 1. The Morgan fingerprint density at radius 2 is 2.12 bits per heavy atom. The van der Waals surface area contributed by atoms with E-state index in [0.29, 0.717) is 13.2 Å². The Bertz CT molecular complexity index is 574. The van der Waals surface area contributed by atoms with Gasteiger partial charge in [-0.3, -0.25) is 9.69 Å². The van der Waals surface area contributed by atoms with Gasteiger partial charge in [0.25, 0.3) is 0 Å². The molecule has 0 saturated carbocycles. The molecule has 1 N–H and O–H groups in total. The lowest BCUT2D eigenvalue weighted by Gasteiger charge is -2.39. The Morgan fingerprint density at radius 1 is 1.36 bits per heavy atom. The SMILES string of the molecule is COCCNC(=O)[C@@H]1CCC2(CCN(Cc3c(C)noc3C)CC2)O1. The molecule has 2 fully saturated rings. The van der Waals surface area contributed by atoms with Gasteiger partial charge in [-0.2, -0.15) is 0 Å². The summed E-state index contributed by atoms with van der Waals surface area (Å²) in [6, 6.07) is 0. The molecule has 25 heavy (non-hydrogen) atoms.